The number of carbonyl (C=O) groups excluding carboxylic acids is 2. The molecular formula is C19H26N2O3. The standard InChI is InChI=1S/C19H26N2O3/c1-13(2)19(23)21-10-6-5-8-16(21)18(22)20-12-15-11-14-7-3-4-9-17(14)24-15/h3-4,7,9,13,15-16H,5-6,8,10-12H2,1-2H3,(H,20,22)/t15-,16-/m0/s1. The number of fused-ring (bicyclic) bond motifs is 1. The molecule has 1 aromatic carbocycles. The molecule has 1 fully saturated rings. The number of nitrogens with one attached hydrogen (secondary N) is 1. The van der Waals surface area contributed by atoms with Crippen LogP contribution >= 0.6 is 0 Å². The number of hydrogen-bond donors (Lipinski definition) is 1. The predicted molar refractivity (Wildman–Crippen MR) is 91.8 cm³/mol. The van der Waals surface area contributed by atoms with E-state index in [2.05, 4.69) is 11.4 Å². The third kappa shape index (κ3) is 3.55. The minimum absolute atomic E-state index is 0.0239. The van der Waals surface area contributed by atoms with Crippen molar-refractivity contribution in [3.05, 3.63) is 29.8 Å². The molecular weight excluding hydrogens is 304 g/mol. The summed E-state index contributed by atoms with van der Waals surface area (Å²) in [5, 5.41) is 3.00. The Balaban J connectivity index is 1.55. The van der Waals surface area contributed by atoms with Crippen molar-refractivity contribution in [2.24, 2.45) is 5.92 Å². The van der Waals surface area contributed by atoms with Gasteiger partial charge in [0.25, 0.3) is 0 Å². The Morgan fingerprint density at radius 1 is 1.29 bits per heavy atom. The Morgan fingerprint density at radius 2 is 2.08 bits per heavy atom. The van der Waals surface area contributed by atoms with Gasteiger partial charge < -0.3 is 15.0 Å². The van der Waals surface area contributed by atoms with E-state index >= 15 is 0 Å². The Labute approximate surface area is 143 Å². The van der Waals surface area contributed by atoms with E-state index in [-0.39, 0.29) is 29.9 Å². The lowest BCUT2D eigenvalue weighted by molar-refractivity contribution is -0.144. The molecule has 2 aliphatic heterocycles. The van der Waals surface area contributed by atoms with Crippen LogP contribution in [-0.4, -0.2) is 41.9 Å². The number of rotatable bonds is 4. The summed E-state index contributed by atoms with van der Waals surface area (Å²) in [7, 11) is 0. The first-order valence-electron chi connectivity index (χ1n) is 8.89. The van der Waals surface area contributed by atoms with E-state index in [0.29, 0.717) is 13.1 Å². The maximum Gasteiger partial charge on any atom is 0.242 e. The van der Waals surface area contributed by atoms with Crippen molar-refractivity contribution in [3.8, 4) is 5.75 Å². The van der Waals surface area contributed by atoms with Crippen molar-refractivity contribution in [3.63, 3.8) is 0 Å². The molecule has 1 aromatic rings. The Morgan fingerprint density at radius 3 is 2.83 bits per heavy atom. The summed E-state index contributed by atoms with van der Waals surface area (Å²) >= 11 is 0. The van der Waals surface area contributed by atoms with Crippen molar-refractivity contribution >= 4 is 11.8 Å². The van der Waals surface area contributed by atoms with E-state index in [0.717, 1.165) is 31.4 Å². The van der Waals surface area contributed by atoms with Gasteiger partial charge in [0.15, 0.2) is 0 Å². The van der Waals surface area contributed by atoms with Gasteiger partial charge in [-0.05, 0) is 30.9 Å². The Bertz CT molecular complexity index is 589. The SMILES string of the molecule is CC(C)C(=O)N1CCCC[C@H]1C(=O)NC[C@@H]1Cc2ccccc2O1. The zero-order valence-corrected chi connectivity index (χ0v) is 14.5. The molecule has 0 saturated carbocycles. The second-order valence-electron chi connectivity index (χ2n) is 6.99. The number of ether oxygens (including phenoxy) is 1. The lowest BCUT2D eigenvalue weighted by atomic mass is 9.99. The third-order valence-electron chi connectivity index (χ3n) is 4.80. The average Bonchev–Trinajstić information content (AvgIpc) is 3.02. The molecule has 0 bridgehead atoms. The molecule has 5 heteroatoms. The first kappa shape index (κ1) is 16.8. The van der Waals surface area contributed by atoms with Gasteiger partial charge >= 0.3 is 0 Å². The maximum absolute atomic E-state index is 12.6. The number of piperidine rings is 1. The first-order valence-corrected chi connectivity index (χ1v) is 8.89. The molecule has 2 aliphatic rings. The quantitative estimate of drug-likeness (QED) is 0.920. The van der Waals surface area contributed by atoms with E-state index in [1.165, 1.54) is 5.56 Å². The zero-order chi connectivity index (χ0) is 17.1. The van der Waals surface area contributed by atoms with Crippen LogP contribution in [-0.2, 0) is 16.0 Å². The van der Waals surface area contributed by atoms with Gasteiger partial charge in [0, 0.05) is 18.9 Å². The van der Waals surface area contributed by atoms with Gasteiger partial charge in [-0.2, -0.15) is 0 Å². The fourth-order valence-corrected chi connectivity index (χ4v) is 3.50. The van der Waals surface area contributed by atoms with Crippen molar-refractivity contribution in [2.75, 3.05) is 13.1 Å². The molecule has 0 radical (unpaired) electrons. The molecule has 0 spiro atoms. The van der Waals surface area contributed by atoms with Crippen molar-refractivity contribution in [2.45, 2.75) is 51.7 Å². The van der Waals surface area contributed by atoms with Gasteiger partial charge in [-0.1, -0.05) is 32.0 Å². The van der Waals surface area contributed by atoms with Gasteiger partial charge in [0.1, 0.15) is 17.9 Å². The second-order valence-corrected chi connectivity index (χ2v) is 6.99. The Hall–Kier alpha value is -2.04. The lowest BCUT2D eigenvalue weighted by Crippen LogP contribution is -2.54. The normalized spacial score (nSPS) is 22.9. The highest BCUT2D eigenvalue weighted by molar-refractivity contribution is 5.88. The molecule has 2 atom stereocenters. The predicted octanol–water partition coefficient (Wildman–Crippen LogP) is 2.14. The van der Waals surface area contributed by atoms with Crippen LogP contribution in [0.1, 0.15) is 38.7 Å². The summed E-state index contributed by atoms with van der Waals surface area (Å²) in [6.45, 7) is 4.93. The molecule has 1 saturated heterocycles. The summed E-state index contributed by atoms with van der Waals surface area (Å²) < 4.78 is 5.86. The highest BCUT2D eigenvalue weighted by atomic mass is 16.5. The van der Waals surface area contributed by atoms with E-state index in [9.17, 15) is 9.59 Å². The number of carbonyl (C=O) groups is 2. The van der Waals surface area contributed by atoms with E-state index < -0.39 is 0 Å². The van der Waals surface area contributed by atoms with E-state index in [1.54, 1.807) is 4.90 Å². The molecule has 0 aliphatic carbocycles. The molecule has 5 nitrogen and oxygen atoms in total. The van der Waals surface area contributed by atoms with Crippen LogP contribution in [0.3, 0.4) is 0 Å². The molecule has 0 unspecified atom stereocenters. The van der Waals surface area contributed by atoms with Gasteiger partial charge in [0.05, 0.1) is 6.54 Å². The Kier molecular flexibility index (Phi) is 5.07. The van der Waals surface area contributed by atoms with Gasteiger partial charge in [-0.25, -0.2) is 0 Å². The fourth-order valence-electron chi connectivity index (χ4n) is 3.50. The van der Waals surface area contributed by atoms with Crippen molar-refractivity contribution < 1.29 is 14.3 Å². The van der Waals surface area contributed by atoms with Crippen LogP contribution in [0.15, 0.2) is 24.3 Å². The lowest BCUT2D eigenvalue weighted by Gasteiger charge is -2.36. The summed E-state index contributed by atoms with van der Waals surface area (Å²) in [6, 6.07) is 7.64. The highest BCUT2D eigenvalue weighted by Gasteiger charge is 2.33. The minimum Gasteiger partial charge on any atom is -0.488 e. The molecule has 130 valence electrons. The largest absolute Gasteiger partial charge is 0.488 e. The topological polar surface area (TPSA) is 58.6 Å². The number of nitrogens with zero attached hydrogens (tertiary/aromatic N) is 1. The van der Waals surface area contributed by atoms with Crippen LogP contribution in [0.4, 0.5) is 0 Å². The van der Waals surface area contributed by atoms with Gasteiger partial charge in [0.2, 0.25) is 11.8 Å². The first-order chi connectivity index (χ1) is 11.6. The average molecular weight is 330 g/mol. The number of amides is 2. The van der Waals surface area contributed by atoms with Crippen molar-refractivity contribution in [1.82, 2.24) is 10.2 Å². The molecule has 2 amide bonds. The van der Waals surface area contributed by atoms with E-state index in [1.807, 2.05) is 32.0 Å². The van der Waals surface area contributed by atoms with Crippen LogP contribution < -0.4 is 10.1 Å². The monoisotopic (exact) mass is 330 g/mol. The molecule has 2 heterocycles. The molecule has 3 rings (SSSR count). The second kappa shape index (κ2) is 7.24. The summed E-state index contributed by atoms with van der Waals surface area (Å²) in [6.07, 6.45) is 3.50. The van der Waals surface area contributed by atoms with Crippen LogP contribution in [0, 0.1) is 5.92 Å². The number of likely N-dealkylation sites (tertiary alicyclic amines) is 1. The maximum atomic E-state index is 12.6. The molecule has 1 N–H and O–H groups in total. The van der Waals surface area contributed by atoms with Crippen LogP contribution in [0.2, 0.25) is 0 Å². The smallest absolute Gasteiger partial charge is 0.242 e. The number of hydrogen-bond acceptors (Lipinski definition) is 3. The summed E-state index contributed by atoms with van der Waals surface area (Å²) in [4.78, 5) is 26.7. The minimum atomic E-state index is -0.336. The molecule has 0 aromatic heterocycles. The van der Waals surface area contributed by atoms with Crippen molar-refractivity contribution in [1.29, 1.82) is 0 Å². The number of para-hydroxylation sites is 1. The number of benzene rings is 1. The summed E-state index contributed by atoms with van der Waals surface area (Å²) in [5.74, 6) is 0.847. The van der Waals surface area contributed by atoms with E-state index in [4.69, 9.17) is 4.74 Å². The third-order valence-corrected chi connectivity index (χ3v) is 4.80. The van der Waals surface area contributed by atoms with Gasteiger partial charge in [-0.3, -0.25) is 9.59 Å². The van der Waals surface area contributed by atoms with Gasteiger partial charge in [-0.15, -0.1) is 0 Å². The van der Waals surface area contributed by atoms with Crippen LogP contribution in [0.5, 0.6) is 5.75 Å². The highest BCUT2D eigenvalue weighted by Crippen LogP contribution is 2.28. The fraction of sp³-hybridized carbons (Fsp3) is 0.579. The molecule has 24 heavy (non-hydrogen) atoms. The van der Waals surface area contributed by atoms with Crippen LogP contribution in [0.25, 0.3) is 0 Å². The zero-order valence-electron chi connectivity index (χ0n) is 14.5. The summed E-state index contributed by atoms with van der Waals surface area (Å²) in [5.41, 5.74) is 1.19.